The standard InChI is InChI=1S/C18H27N5O3/c1-12-20-16(26-21-12)23-13-3-4-14(23)10-15(9-13)22-7-2-5-18(6-8-22)11-19-17(24)25-18/h13-15H,2-11H2,1H3,(H,19,24). The number of piperidine rings is 1. The Bertz CT molecular complexity index is 680. The van der Waals surface area contributed by atoms with Gasteiger partial charge in [-0.25, -0.2) is 4.79 Å². The number of nitrogens with zero attached hydrogens (tertiary/aromatic N) is 4. The van der Waals surface area contributed by atoms with Crippen LogP contribution in [0.25, 0.3) is 0 Å². The van der Waals surface area contributed by atoms with Gasteiger partial charge in [0.05, 0.1) is 6.54 Å². The molecule has 26 heavy (non-hydrogen) atoms. The van der Waals surface area contributed by atoms with E-state index in [2.05, 4.69) is 25.3 Å². The van der Waals surface area contributed by atoms with Crippen LogP contribution < -0.4 is 10.2 Å². The van der Waals surface area contributed by atoms with Crippen molar-refractivity contribution in [1.82, 2.24) is 20.4 Å². The molecule has 4 aliphatic rings. The summed E-state index contributed by atoms with van der Waals surface area (Å²) in [4.78, 5) is 21.0. The van der Waals surface area contributed by atoms with E-state index >= 15 is 0 Å². The van der Waals surface area contributed by atoms with Gasteiger partial charge in [-0.3, -0.25) is 0 Å². The number of aryl methyl sites for hydroxylation is 1. The molecular formula is C18H27N5O3. The fraction of sp³-hybridized carbons (Fsp3) is 0.833. The summed E-state index contributed by atoms with van der Waals surface area (Å²) >= 11 is 0. The Labute approximate surface area is 153 Å². The van der Waals surface area contributed by atoms with Crippen LogP contribution in [-0.4, -0.2) is 64.5 Å². The lowest BCUT2D eigenvalue weighted by Gasteiger charge is -2.42. The van der Waals surface area contributed by atoms with Gasteiger partial charge >= 0.3 is 12.1 Å². The molecule has 5 rings (SSSR count). The van der Waals surface area contributed by atoms with Crippen LogP contribution in [0.5, 0.6) is 0 Å². The van der Waals surface area contributed by atoms with Gasteiger partial charge in [0.1, 0.15) is 5.60 Å². The van der Waals surface area contributed by atoms with E-state index in [1.807, 2.05) is 6.92 Å². The Morgan fingerprint density at radius 3 is 2.62 bits per heavy atom. The maximum absolute atomic E-state index is 11.5. The van der Waals surface area contributed by atoms with Gasteiger partial charge in [0.25, 0.3) is 0 Å². The van der Waals surface area contributed by atoms with Gasteiger partial charge < -0.3 is 24.4 Å². The van der Waals surface area contributed by atoms with Crippen LogP contribution in [0.1, 0.15) is 50.8 Å². The number of fused-ring (bicyclic) bond motifs is 2. The average molecular weight is 361 g/mol. The molecule has 4 fully saturated rings. The number of aromatic nitrogens is 2. The zero-order valence-corrected chi connectivity index (χ0v) is 15.3. The number of rotatable bonds is 2. The predicted octanol–water partition coefficient (Wildman–Crippen LogP) is 1.84. The summed E-state index contributed by atoms with van der Waals surface area (Å²) in [5, 5.41) is 6.81. The largest absolute Gasteiger partial charge is 0.441 e. The van der Waals surface area contributed by atoms with Crippen LogP contribution in [0.3, 0.4) is 0 Å². The summed E-state index contributed by atoms with van der Waals surface area (Å²) in [6, 6.07) is 2.31. The highest BCUT2D eigenvalue weighted by molar-refractivity contribution is 5.70. The number of ether oxygens (including phenoxy) is 1. The van der Waals surface area contributed by atoms with Gasteiger partial charge in [0.2, 0.25) is 0 Å². The van der Waals surface area contributed by atoms with Crippen molar-refractivity contribution in [3.8, 4) is 0 Å². The maximum Gasteiger partial charge on any atom is 0.407 e. The molecule has 1 aromatic rings. The van der Waals surface area contributed by atoms with Crippen LogP contribution in [0.15, 0.2) is 4.52 Å². The highest BCUT2D eigenvalue weighted by Crippen LogP contribution is 2.41. The smallest absolute Gasteiger partial charge is 0.407 e. The van der Waals surface area contributed by atoms with Gasteiger partial charge in [-0.2, -0.15) is 4.98 Å². The van der Waals surface area contributed by atoms with E-state index in [9.17, 15) is 4.79 Å². The number of amides is 1. The van der Waals surface area contributed by atoms with Crippen molar-refractivity contribution in [2.24, 2.45) is 0 Å². The van der Waals surface area contributed by atoms with Crippen molar-refractivity contribution in [3.05, 3.63) is 5.82 Å². The van der Waals surface area contributed by atoms with Crippen molar-refractivity contribution < 1.29 is 14.1 Å². The fourth-order valence-corrected chi connectivity index (χ4v) is 5.48. The first-order chi connectivity index (χ1) is 12.6. The molecule has 0 radical (unpaired) electrons. The minimum Gasteiger partial charge on any atom is -0.441 e. The second kappa shape index (κ2) is 6.11. The Hall–Kier alpha value is -1.83. The number of anilines is 1. The van der Waals surface area contributed by atoms with E-state index in [0.29, 0.717) is 36.5 Å². The van der Waals surface area contributed by atoms with Gasteiger partial charge in [-0.1, -0.05) is 5.16 Å². The first kappa shape index (κ1) is 16.4. The predicted molar refractivity (Wildman–Crippen MR) is 94.0 cm³/mol. The molecule has 0 aromatic carbocycles. The van der Waals surface area contributed by atoms with E-state index in [1.165, 1.54) is 12.8 Å². The van der Waals surface area contributed by atoms with Crippen molar-refractivity contribution in [3.63, 3.8) is 0 Å². The Kier molecular flexibility index (Phi) is 3.84. The summed E-state index contributed by atoms with van der Waals surface area (Å²) in [7, 11) is 0. The third kappa shape index (κ3) is 2.74. The lowest BCUT2D eigenvalue weighted by Crippen LogP contribution is -2.51. The third-order valence-electron chi connectivity index (χ3n) is 6.76. The average Bonchev–Trinajstić information content (AvgIpc) is 3.21. The number of likely N-dealkylation sites (tertiary alicyclic amines) is 1. The third-order valence-corrected chi connectivity index (χ3v) is 6.76. The Morgan fingerprint density at radius 2 is 1.96 bits per heavy atom. The quantitative estimate of drug-likeness (QED) is 0.860. The zero-order chi connectivity index (χ0) is 17.7. The first-order valence-electron chi connectivity index (χ1n) is 9.91. The molecule has 5 heterocycles. The first-order valence-corrected chi connectivity index (χ1v) is 9.91. The number of alkyl carbamates (subject to hydrolysis) is 1. The lowest BCUT2D eigenvalue weighted by atomic mass is 9.94. The molecule has 8 nitrogen and oxygen atoms in total. The van der Waals surface area contributed by atoms with Crippen molar-refractivity contribution >= 4 is 12.1 Å². The molecule has 4 saturated heterocycles. The zero-order valence-electron chi connectivity index (χ0n) is 15.3. The minimum atomic E-state index is -0.271. The maximum atomic E-state index is 11.5. The molecule has 142 valence electrons. The number of carbonyl (C=O) groups is 1. The lowest BCUT2D eigenvalue weighted by molar-refractivity contribution is 0.0422. The van der Waals surface area contributed by atoms with Crippen LogP contribution in [0, 0.1) is 6.92 Å². The monoisotopic (exact) mass is 361 g/mol. The van der Waals surface area contributed by atoms with Crippen molar-refractivity contribution in [1.29, 1.82) is 0 Å². The normalized spacial score (nSPS) is 37.7. The van der Waals surface area contributed by atoms with Crippen LogP contribution in [0.2, 0.25) is 0 Å². The number of hydrogen-bond acceptors (Lipinski definition) is 7. The molecule has 0 saturated carbocycles. The summed E-state index contributed by atoms with van der Waals surface area (Å²) in [6.45, 7) is 4.65. The van der Waals surface area contributed by atoms with Gasteiger partial charge in [-0.05, 0) is 52.0 Å². The molecule has 8 heteroatoms. The van der Waals surface area contributed by atoms with E-state index in [-0.39, 0.29) is 11.7 Å². The summed E-state index contributed by atoms with van der Waals surface area (Å²) < 4.78 is 11.1. The van der Waals surface area contributed by atoms with Crippen molar-refractivity contribution in [2.75, 3.05) is 24.5 Å². The minimum absolute atomic E-state index is 0.250. The number of hydrogen-bond donors (Lipinski definition) is 1. The molecule has 0 aliphatic carbocycles. The van der Waals surface area contributed by atoms with Crippen LogP contribution in [-0.2, 0) is 4.74 Å². The van der Waals surface area contributed by atoms with Crippen molar-refractivity contribution in [2.45, 2.75) is 75.6 Å². The van der Waals surface area contributed by atoms with Gasteiger partial charge in [0.15, 0.2) is 5.82 Å². The molecule has 1 N–H and O–H groups in total. The van der Waals surface area contributed by atoms with E-state index < -0.39 is 0 Å². The highest BCUT2D eigenvalue weighted by Gasteiger charge is 2.46. The molecule has 3 atom stereocenters. The van der Waals surface area contributed by atoms with Gasteiger partial charge in [-0.15, -0.1) is 0 Å². The molecule has 2 bridgehead atoms. The molecule has 1 aromatic heterocycles. The number of carbonyl (C=O) groups excluding carboxylic acids is 1. The summed E-state index contributed by atoms with van der Waals surface area (Å²) in [5.74, 6) is 0.707. The SMILES string of the molecule is Cc1noc(N2C3CCC2CC(N2CCCC4(CC2)CNC(=O)O4)C3)n1. The van der Waals surface area contributed by atoms with Crippen LogP contribution >= 0.6 is 0 Å². The van der Waals surface area contributed by atoms with Gasteiger partial charge in [0, 0.05) is 31.1 Å². The second-order valence-corrected chi connectivity index (χ2v) is 8.36. The molecule has 1 amide bonds. The van der Waals surface area contributed by atoms with E-state index in [0.717, 1.165) is 45.2 Å². The molecule has 1 spiro atoms. The Morgan fingerprint density at radius 1 is 1.15 bits per heavy atom. The molecule has 3 unspecified atom stereocenters. The molecule has 4 aliphatic heterocycles. The molecular weight excluding hydrogens is 334 g/mol. The second-order valence-electron chi connectivity index (χ2n) is 8.36. The summed E-state index contributed by atoms with van der Waals surface area (Å²) in [5.41, 5.74) is -0.271. The highest BCUT2D eigenvalue weighted by atomic mass is 16.6. The van der Waals surface area contributed by atoms with Crippen LogP contribution in [0.4, 0.5) is 10.8 Å². The van der Waals surface area contributed by atoms with E-state index in [4.69, 9.17) is 9.26 Å². The van der Waals surface area contributed by atoms with E-state index in [1.54, 1.807) is 0 Å². The summed E-state index contributed by atoms with van der Waals surface area (Å²) in [6.07, 6.45) is 7.47. The fourth-order valence-electron chi connectivity index (χ4n) is 5.48. The Balaban J connectivity index is 1.26. The topological polar surface area (TPSA) is 83.7 Å². The number of nitrogens with one attached hydrogen (secondary N) is 1.